The van der Waals surface area contributed by atoms with Gasteiger partial charge < -0.3 is 34.5 Å². The normalized spacial score (nSPS) is 17.1. The van der Waals surface area contributed by atoms with Crippen molar-refractivity contribution in [3.05, 3.63) is 84.3 Å². The van der Waals surface area contributed by atoms with Crippen LogP contribution >= 0.6 is 0 Å². The molecule has 2 aliphatic rings. The second-order valence-electron chi connectivity index (χ2n) is 11.0. The molecule has 45 heavy (non-hydrogen) atoms. The van der Waals surface area contributed by atoms with Crippen LogP contribution in [0.3, 0.4) is 0 Å². The summed E-state index contributed by atoms with van der Waals surface area (Å²) in [6, 6.07) is 18.8. The Hall–Kier alpha value is -4.74. The van der Waals surface area contributed by atoms with E-state index in [1.165, 1.54) is 17.0 Å². The number of fused-ring (bicyclic) bond motifs is 1. The third-order valence-electron chi connectivity index (χ3n) is 8.06. The molecule has 6 rings (SSSR count). The second kappa shape index (κ2) is 13.9. The van der Waals surface area contributed by atoms with Crippen molar-refractivity contribution in [1.29, 1.82) is 0 Å². The number of nitrogens with one attached hydrogen (secondary N) is 2. The largest absolute Gasteiger partial charge is 0.491 e. The highest BCUT2D eigenvalue weighted by atomic mass is 19.1. The Morgan fingerprint density at radius 1 is 1.04 bits per heavy atom. The summed E-state index contributed by atoms with van der Waals surface area (Å²) in [4.78, 5) is 31.6. The van der Waals surface area contributed by atoms with E-state index in [1.807, 2.05) is 36.4 Å². The lowest BCUT2D eigenvalue weighted by Gasteiger charge is -2.32. The zero-order valence-corrected chi connectivity index (χ0v) is 25.0. The van der Waals surface area contributed by atoms with Crippen molar-refractivity contribution in [2.24, 2.45) is 5.92 Å². The van der Waals surface area contributed by atoms with Crippen molar-refractivity contribution in [3.8, 4) is 23.0 Å². The van der Waals surface area contributed by atoms with Crippen molar-refractivity contribution < 1.29 is 32.9 Å². The first-order chi connectivity index (χ1) is 22.0. The molecule has 0 bridgehead atoms. The topological polar surface area (TPSA) is 111 Å². The Labute approximate surface area is 260 Å². The van der Waals surface area contributed by atoms with Gasteiger partial charge >= 0.3 is 11.8 Å². The summed E-state index contributed by atoms with van der Waals surface area (Å²) in [6.45, 7) is 3.39. The summed E-state index contributed by atoms with van der Waals surface area (Å²) < 4.78 is 38.7. The van der Waals surface area contributed by atoms with Gasteiger partial charge in [0, 0.05) is 29.9 Å². The van der Waals surface area contributed by atoms with E-state index in [0.717, 1.165) is 37.6 Å². The van der Waals surface area contributed by atoms with Gasteiger partial charge in [-0.2, -0.15) is 0 Å². The minimum atomic E-state index is -0.859. The molecule has 2 fully saturated rings. The monoisotopic (exact) mass is 614 g/mol. The Bertz CT molecular complexity index is 1660. The zero-order valence-electron chi connectivity index (χ0n) is 25.0. The molecule has 234 valence electrons. The highest BCUT2D eigenvalue weighted by Gasteiger charge is 2.29. The lowest BCUT2D eigenvalue weighted by Crippen LogP contribution is -2.46. The molecule has 2 N–H and O–H groups in total. The lowest BCUT2D eigenvalue weighted by atomic mass is 9.99. The van der Waals surface area contributed by atoms with E-state index in [2.05, 4.69) is 15.6 Å². The number of aromatic nitrogens is 1. The van der Waals surface area contributed by atoms with Gasteiger partial charge in [0.15, 0.2) is 23.1 Å². The number of amides is 2. The fourth-order valence-electron chi connectivity index (χ4n) is 5.62. The van der Waals surface area contributed by atoms with Gasteiger partial charge in [0.1, 0.15) is 17.4 Å². The number of carbonyl (C=O) groups excluding carboxylic acids is 2. The summed E-state index contributed by atoms with van der Waals surface area (Å²) in [5, 5.41) is 6.47. The van der Waals surface area contributed by atoms with Crippen LogP contribution in [0.15, 0.2) is 72.9 Å². The van der Waals surface area contributed by atoms with Crippen LogP contribution in [0.2, 0.25) is 0 Å². The van der Waals surface area contributed by atoms with Crippen LogP contribution in [0, 0.1) is 11.7 Å². The molecule has 11 heteroatoms. The molecule has 0 saturated carbocycles. The van der Waals surface area contributed by atoms with Gasteiger partial charge in [-0.1, -0.05) is 30.3 Å². The first-order valence-electron chi connectivity index (χ1n) is 15.0. The molecule has 2 saturated heterocycles. The maximum Gasteiger partial charge on any atom is 0.313 e. The summed E-state index contributed by atoms with van der Waals surface area (Å²) in [5.41, 5.74) is 1.58. The summed E-state index contributed by atoms with van der Waals surface area (Å²) in [7, 11) is 1.56. The molecule has 3 aromatic carbocycles. The number of benzene rings is 3. The van der Waals surface area contributed by atoms with Gasteiger partial charge in [-0.3, -0.25) is 14.6 Å². The predicted octanol–water partition coefficient (Wildman–Crippen LogP) is 5.09. The first-order valence-corrected chi connectivity index (χ1v) is 15.0. The van der Waals surface area contributed by atoms with Gasteiger partial charge in [-0.25, -0.2) is 4.39 Å². The van der Waals surface area contributed by atoms with Gasteiger partial charge in [0.2, 0.25) is 0 Å². The number of halogens is 1. The number of pyridine rings is 1. The van der Waals surface area contributed by atoms with E-state index in [4.69, 9.17) is 18.9 Å². The third kappa shape index (κ3) is 7.00. The summed E-state index contributed by atoms with van der Waals surface area (Å²) >= 11 is 0. The van der Waals surface area contributed by atoms with E-state index >= 15 is 4.39 Å². The molecular weight excluding hydrogens is 579 g/mol. The Morgan fingerprint density at radius 3 is 2.62 bits per heavy atom. The molecule has 0 radical (unpaired) electrons. The fraction of sp³-hybridized carbons (Fsp3) is 0.324. The third-order valence-corrected chi connectivity index (χ3v) is 8.06. The van der Waals surface area contributed by atoms with Crippen molar-refractivity contribution >= 4 is 28.4 Å². The Morgan fingerprint density at radius 2 is 1.84 bits per heavy atom. The summed E-state index contributed by atoms with van der Waals surface area (Å²) in [5.74, 6) is -0.445. The van der Waals surface area contributed by atoms with Crippen LogP contribution in [-0.4, -0.2) is 68.2 Å². The Balaban J connectivity index is 1.12. The van der Waals surface area contributed by atoms with Gasteiger partial charge in [0.05, 0.1) is 26.9 Å². The van der Waals surface area contributed by atoms with Crippen molar-refractivity contribution in [1.82, 2.24) is 15.2 Å². The van der Waals surface area contributed by atoms with Crippen molar-refractivity contribution in [2.45, 2.75) is 18.9 Å². The van der Waals surface area contributed by atoms with Gasteiger partial charge in [-0.05, 0) is 67.7 Å². The number of methoxy groups -OCH3 is 1. The van der Waals surface area contributed by atoms with Gasteiger partial charge in [-0.15, -0.1) is 0 Å². The average molecular weight is 615 g/mol. The SMILES string of the molecule is COc1c(OCC2CCNCC2)ccc2c(Oc3ccc(NC(=O)C(=O)N4CCOC(c5ccccc5)C4)cc3F)ccnc12. The van der Waals surface area contributed by atoms with E-state index in [0.29, 0.717) is 47.3 Å². The molecule has 1 atom stereocenters. The summed E-state index contributed by atoms with van der Waals surface area (Å²) in [6.07, 6.45) is 3.34. The molecule has 1 aromatic heterocycles. The number of morpholine rings is 1. The number of nitrogens with zero attached hydrogens (tertiary/aromatic N) is 2. The fourth-order valence-corrected chi connectivity index (χ4v) is 5.62. The number of anilines is 1. The molecule has 10 nitrogen and oxygen atoms in total. The smallest absolute Gasteiger partial charge is 0.313 e. The number of carbonyl (C=O) groups is 2. The number of rotatable bonds is 8. The number of piperidine rings is 1. The van der Waals surface area contributed by atoms with E-state index < -0.39 is 17.6 Å². The van der Waals surface area contributed by atoms with Crippen LogP contribution in [0.25, 0.3) is 10.9 Å². The van der Waals surface area contributed by atoms with Crippen LogP contribution in [0.4, 0.5) is 10.1 Å². The van der Waals surface area contributed by atoms with Crippen LogP contribution in [0.1, 0.15) is 24.5 Å². The molecule has 3 heterocycles. The van der Waals surface area contributed by atoms with Gasteiger partial charge in [0.25, 0.3) is 0 Å². The molecule has 2 amide bonds. The molecule has 2 aliphatic heterocycles. The van der Waals surface area contributed by atoms with Crippen molar-refractivity contribution in [3.63, 3.8) is 0 Å². The standard InChI is InChI=1S/C34H35FN4O6/c1-42-32-29(44-21-22-11-14-36-15-12-22)10-8-25-27(13-16-37-31(25)32)45-28-9-7-24(19-26(28)35)38-33(40)34(41)39-17-18-43-30(20-39)23-5-3-2-4-6-23/h2-10,13,16,19,22,30,36H,11-12,14-15,17-18,20-21H2,1H3,(H,38,40). The Kier molecular flexibility index (Phi) is 9.37. The van der Waals surface area contributed by atoms with E-state index in [9.17, 15) is 9.59 Å². The number of hydrogen-bond donors (Lipinski definition) is 2. The maximum atomic E-state index is 15.2. The minimum absolute atomic E-state index is 0.0593. The quantitative estimate of drug-likeness (QED) is 0.264. The second-order valence-corrected chi connectivity index (χ2v) is 11.0. The number of hydrogen-bond acceptors (Lipinski definition) is 8. The van der Waals surface area contributed by atoms with E-state index in [-0.39, 0.29) is 30.6 Å². The predicted molar refractivity (Wildman–Crippen MR) is 166 cm³/mol. The molecule has 1 unspecified atom stereocenters. The average Bonchev–Trinajstić information content (AvgIpc) is 3.08. The zero-order chi connectivity index (χ0) is 31.2. The maximum absolute atomic E-state index is 15.2. The van der Waals surface area contributed by atoms with Crippen molar-refractivity contribution in [2.75, 3.05) is 51.8 Å². The lowest BCUT2D eigenvalue weighted by molar-refractivity contribution is -0.148. The highest BCUT2D eigenvalue weighted by molar-refractivity contribution is 6.39. The first kappa shape index (κ1) is 30.3. The van der Waals surface area contributed by atoms with Crippen LogP contribution in [0.5, 0.6) is 23.0 Å². The number of ether oxygens (including phenoxy) is 4. The minimum Gasteiger partial charge on any atom is -0.491 e. The molecule has 0 aliphatic carbocycles. The van der Waals surface area contributed by atoms with Crippen LogP contribution < -0.4 is 24.8 Å². The van der Waals surface area contributed by atoms with E-state index in [1.54, 1.807) is 25.4 Å². The molecular formula is C34H35FN4O6. The molecule has 4 aromatic rings. The highest BCUT2D eigenvalue weighted by Crippen LogP contribution is 2.40. The van der Waals surface area contributed by atoms with Crippen LogP contribution in [-0.2, 0) is 14.3 Å². The molecule has 0 spiro atoms.